The fourth-order valence-electron chi connectivity index (χ4n) is 8.73. The van der Waals surface area contributed by atoms with Crippen LogP contribution in [-0.4, -0.2) is 63.4 Å². The number of halogens is 2. The average Bonchev–Trinajstić information content (AvgIpc) is 3.63. The van der Waals surface area contributed by atoms with Crippen LogP contribution in [0.15, 0.2) is 42.5 Å². The average molecular weight is 561 g/mol. The molecule has 2 spiro atoms. The molecule has 204 valence electrons. The molecule has 38 heavy (non-hydrogen) atoms. The second-order valence-corrected chi connectivity index (χ2v) is 12.1. The van der Waals surface area contributed by atoms with E-state index in [1.165, 1.54) is 18.4 Å². The Morgan fingerprint density at radius 3 is 2.66 bits per heavy atom. The molecule has 4 heterocycles. The van der Waals surface area contributed by atoms with Gasteiger partial charge in [0.1, 0.15) is 17.7 Å². The first-order valence-corrected chi connectivity index (χ1v) is 13.5. The summed E-state index contributed by atoms with van der Waals surface area (Å²) in [5.74, 6) is 1.26. The van der Waals surface area contributed by atoms with Crippen molar-refractivity contribution in [2.45, 2.75) is 79.8 Å². The van der Waals surface area contributed by atoms with Crippen molar-refractivity contribution in [3.05, 3.63) is 59.2 Å². The maximum atomic E-state index is 13.7. The summed E-state index contributed by atoms with van der Waals surface area (Å²) in [6.45, 7) is 2.48. The van der Waals surface area contributed by atoms with Gasteiger partial charge in [-0.3, -0.25) is 15.0 Å². The third-order valence-electron chi connectivity index (χ3n) is 10.4. The number of phenolic OH excluding ortho intramolecular Hbond substituents is 1. The minimum atomic E-state index is -1.36. The van der Waals surface area contributed by atoms with Gasteiger partial charge in [0.05, 0.1) is 5.41 Å². The molecule has 0 radical (unpaired) electrons. The molecule has 2 aromatic carbocycles. The quantitative estimate of drug-likeness (QED) is 0.450. The van der Waals surface area contributed by atoms with Crippen molar-refractivity contribution in [2.24, 2.45) is 5.92 Å². The van der Waals surface area contributed by atoms with E-state index in [0.29, 0.717) is 18.7 Å². The Kier molecular flexibility index (Phi) is 6.02. The molecule has 2 aromatic rings. The fraction of sp³-hybridized carbons (Fsp3) is 0.552. The van der Waals surface area contributed by atoms with Crippen LogP contribution in [0.5, 0.6) is 11.5 Å². The van der Waals surface area contributed by atoms with Gasteiger partial charge in [0.15, 0.2) is 11.5 Å². The second-order valence-electron chi connectivity index (χ2n) is 12.1. The number of carbonyl (C=O) groups is 1. The summed E-state index contributed by atoms with van der Waals surface area (Å²) in [6, 6.07) is 13.1. The summed E-state index contributed by atoms with van der Waals surface area (Å²) >= 11 is 0. The van der Waals surface area contributed by atoms with E-state index < -0.39 is 23.2 Å². The minimum Gasteiger partial charge on any atom is -0.504 e. The number of likely N-dealkylation sites (tertiary alicyclic amines) is 1. The molecular weight excluding hydrogens is 525 g/mol. The highest BCUT2D eigenvalue weighted by atomic mass is 35.5. The number of nitrogens with one attached hydrogen (secondary N) is 2. The van der Waals surface area contributed by atoms with Crippen LogP contribution < -0.4 is 15.4 Å². The van der Waals surface area contributed by atoms with Crippen LogP contribution in [0.2, 0.25) is 0 Å². The normalized spacial score (nSPS) is 37.3. The van der Waals surface area contributed by atoms with E-state index in [2.05, 4.69) is 21.6 Å². The van der Waals surface area contributed by atoms with Crippen molar-refractivity contribution in [3.8, 4) is 11.5 Å². The van der Waals surface area contributed by atoms with Crippen LogP contribution in [0.1, 0.15) is 48.8 Å². The topological polar surface area (TPSA) is 94.1 Å². The summed E-state index contributed by atoms with van der Waals surface area (Å²) in [4.78, 5) is 16.4. The third kappa shape index (κ3) is 3.17. The van der Waals surface area contributed by atoms with Crippen molar-refractivity contribution in [3.63, 3.8) is 0 Å². The highest BCUT2D eigenvalue weighted by molar-refractivity contribution is 5.86. The Bertz CT molecular complexity index is 1280. The van der Waals surface area contributed by atoms with Crippen molar-refractivity contribution in [1.29, 1.82) is 0 Å². The summed E-state index contributed by atoms with van der Waals surface area (Å²) in [5, 5.41) is 30.0. The highest BCUT2D eigenvalue weighted by Crippen LogP contribution is 2.69. The van der Waals surface area contributed by atoms with Crippen LogP contribution >= 0.6 is 24.8 Å². The fourth-order valence-corrected chi connectivity index (χ4v) is 8.73. The summed E-state index contributed by atoms with van der Waals surface area (Å²) in [5.41, 5.74) is 1.16. The molecule has 4 aliphatic heterocycles. The van der Waals surface area contributed by atoms with Crippen molar-refractivity contribution in [1.82, 2.24) is 15.5 Å². The lowest BCUT2D eigenvalue weighted by atomic mass is 9.41. The predicted octanol–water partition coefficient (Wildman–Crippen LogP) is 2.83. The largest absolute Gasteiger partial charge is 0.504 e. The number of piperidine rings is 3. The standard InChI is InChI=1S/C29H33N3O4.2ClH/c33-20-9-8-19-14-21-29-11-10-28(35,24(31-29)25(34)30-15-17-4-2-1-3-5-17)26-27(29,22(19)23(20)36-26)12-13-32(21)16-18-6-7-18;;/h1-5,8-9,18,21,24,26,31,33,35H,6-7,10-16H2,(H,30,34);2*1H/t21-,24-,26-,27+,28-,29-;;/m1../s1. The van der Waals surface area contributed by atoms with Gasteiger partial charge < -0.3 is 20.3 Å². The number of amides is 1. The molecule has 0 aromatic heterocycles. The molecule has 3 aliphatic carbocycles. The SMILES string of the molecule is Cl.Cl.O=C(NCc1ccccc1)[C@H]1N[C@@]23CC[C@]1(O)[C@@H]1Oc4c(O)ccc5c4[C@@]12CCN(CC1CC1)[C@@H]3C5. The number of rotatable bonds is 5. The molecule has 4 bridgehead atoms. The molecule has 7 aliphatic rings. The van der Waals surface area contributed by atoms with E-state index in [0.717, 1.165) is 49.4 Å². The second kappa shape index (κ2) is 8.73. The zero-order valence-electron chi connectivity index (χ0n) is 21.2. The number of nitrogens with zero attached hydrogens (tertiary/aromatic N) is 1. The summed E-state index contributed by atoms with van der Waals surface area (Å²) in [7, 11) is 0. The zero-order valence-corrected chi connectivity index (χ0v) is 22.8. The molecule has 3 saturated heterocycles. The number of phenols is 1. The van der Waals surface area contributed by atoms with Crippen molar-refractivity contribution in [2.75, 3.05) is 13.1 Å². The van der Waals surface area contributed by atoms with Gasteiger partial charge in [-0.25, -0.2) is 0 Å². The smallest absolute Gasteiger partial charge is 0.240 e. The summed E-state index contributed by atoms with van der Waals surface area (Å²) in [6.07, 6.45) is 5.09. The molecular formula is C29H35Cl2N3O4. The first kappa shape index (κ1) is 26.2. The van der Waals surface area contributed by atoms with Gasteiger partial charge in [-0.2, -0.15) is 0 Å². The number of fused-ring (bicyclic) bond motifs is 2. The van der Waals surface area contributed by atoms with E-state index in [-0.39, 0.29) is 48.1 Å². The van der Waals surface area contributed by atoms with Crippen LogP contribution in [0.25, 0.3) is 0 Å². The maximum absolute atomic E-state index is 13.7. The Morgan fingerprint density at radius 1 is 1.11 bits per heavy atom. The lowest BCUT2D eigenvalue weighted by Gasteiger charge is -2.73. The van der Waals surface area contributed by atoms with Gasteiger partial charge in [0.2, 0.25) is 5.91 Å². The number of hydrogen-bond donors (Lipinski definition) is 4. The van der Waals surface area contributed by atoms with Gasteiger partial charge in [-0.1, -0.05) is 36.4 Å². The number of benzene rings is 2. The van der Waals surface area contributed by atoms with Crippen molar-refractivity contribution >= 4 is 30.7 Å². The van der Waals surface area contributed by atoms with Crippen LogP contribution in [0.3, 0.4) is 0 Å². The van der Waals surface area contributed by atoms with Gasteiger partial charge in [0, 0.05) is 30.2 Å². The molecule has 5 fully saturated rings. The number of carbonyl (C=O) groups excluding carboxylic acids is 1. The predicted molar refractivity (Wildman–Crippen MR) is 147 cm³/mol. The van der Waals surface area contributed by atoms with Crippen LogP contribution in [0, 0.1) is 5.92 Å². The number of aromatic hydroxyl groups is 1. The molecule has 4 N–H and O–H groups in total. The monoisotopic (exact) mass is 559 g/mol. The van der Waals surface area contributed by atoms with Gasteiger partial charge in [-0.15, -0.1) is 24.8 Å². The Morgan fingerprint density at radius 2 is 1.89 bits per heavy atom. The lowest BCUT2D eigenvalue weighted by Crippen LogP contribution is -2.92. The Hall–Kier alpha value is -2.03. The Balaban J connectivity index is 0.00000132. The van der Waals surface area contributed by atoms with E-state index >= 15 is 0 Å². The van der Waals surface area contributed by atoms with E-state index in [1.807, 2.05) is 30.3 Å². The number of hydrogen-bond acceptors (Lipinski definition) is 6. The first-order chi connectivity index (χ1) is 17.5. The molecule has 1 amide bonds. The summed E-state index contributed by atoms with van der Waals surface area (Å²) < 4.78 is 6.57. The van der Waals surface area contributed by atoms with Crippen LogP contribution in [0.4, 0.5) is 0 Å². The molecule has 7 nitrogen and oxygen atoms in total. The molecule has 6 atom stereocenters. The first-order valence-electron chi connectivity index (χ1n) is 13.5. The van der Waals surface area contributed by atoms with E-state index in [4.69, 9.17) is 4.74 Å². The highest BCUT2D eigenvalue weighted by Gasteiger charge is 2.81. The molecule has 9 rings (SSSR count). The molecule has 2 saturated carbocycles. The van der Waals surface area contributed by atoms with Gasteiger partial charge >= 0.3 is 0 Å². The van der Waals surface area contributed by atoms with Crippen LogP contribution in [-0.2, 0) is 23.2 Å². The van der Waals surface area contributed by atoms with Crippen molar-refractivity contribution < 1.29 is 19.7 Å². The van der Waals surface area contributed by atoms with E-state index in [1.54, 1.807) is 6.07 Å². The zero-order chi connectivity index (χ0) is 24.3. The molecule has 9 heteroatoms. The van der Waals surface area contributed by atoms with E-state index in [9.17, 15) is 15.0 Å². The maximum Gasteiger partial charge on any atom is 0.240 e. The molecule has 0 unspecified atom stereocenters. The Labute approximate surface area is 235 Å². The third-order valence-corrected chi connectivity index (χ3v) is 10.4. The minimum absolute atomic E-state index is 0. The lowest BCUT2D eigenvalue weighted by molar-refractivity contribution is -0.231. The van der Waals surface area contributed by atoms with Gasteiger partial charge in [-0.05, 0) is 68.2 Å². The number of ether oxygens (including phenoxy) is 1. The van der Waals surface area contributed by atoms with Gasteiger partial charge in [0.25, 0.3) is 0 Å². The number of aliphatic hydroxyl groups is 1.